The monoisotopic (exact) mass is 254 g/mol. The Morgan fingerprint density at radius 2 is 2.06 bits per heavy atom. The highest BCUT2D eigenvalue weighted by Crippen LogP contribution is 2.23. The minimum atomic E-state index is -0.482. The van der Waals surface area contributed by atoms with Gasteiger partial charge in [0.05, 0.1) is 6.61 Å². The molecule has 1 aliphatic heterocycles. The third kappa shape index (κ3) is 3.63. The van der Waals surface area contributed by atoms with Gasteiger partial charge in [0.1, 0.15) is 18.5 Å². The van der Waals surface area contributed by atoms with E-state index in [1.54, 1.807) is 0 Å². The minimum absolute atomic E-state index is 0.00885. The quantitative estimate of drug-likeness (QED) is 0.837. The lowest BCUT2D eigenvalue weighted by atomic mass is 10.2. The van der Waals surface area contributed by atoms with Gasteiger partial charge >= 0.3 is 0 Å². The summed E-state index contributed by atoms with van der Waals surface area (Å²) in [6.45, 7) is 4.92. The molecule has 1 unspecified atom stereocenters. The van der Waals surface area contributed by atoms with Gasteiger partial charge in [0.2, 0.25) is 0 Å². The number of benzene rings is 1. The van der Waals surface area contributed by atoms with Crippen molar-refractivity contribution in [1.29, 1.82) is 0 Å². The molecule has 1 atom stereocenters. The van der Waals surface area contributed by atoms with Crippen LogP contribution in [-0.2, 0) is 15.2 Å². The molecule has 1 aromatic carbocycles. The second-order valence-corrected chi connectivity index (χ2v) is 4.88. The average molecular weight is 254 g/mol. The maximum Gasteiger partial charge on any atom is 0.163 e. The first-order chi connectivity index (χ1) is 8.09. The molecule has 1 fully saturated rings. The van der Waals surface area contributed by atoms with E-state index in [2.05, 4.69) is 12.6 Å². The van der Waals surface area contributed by atoms with Crippen molar-refractivity contribution in [3.05, 3.63) is 29.8 Å². The molecule has 0 aromatic heterocycles. The van der Waals surface area contributed by atoms with Gasteiger partial charge in [-0.15, -0.1) is 0 Å². The van der Waals surface area contributed by atoms with E-state index < -0.39 is 5.79 Å². The van der Waals surface area contributed by atoms with Crippen molar-refractivity contribution in [2.75, 3.05) is 13.2 Å². The van der Waals surface area contributed by atoms with Gasteiger partial charge < -0.3 is 14.2 Å². The van der Waals surface area contributed by atoms with E-state index in [1.165, 1.54) is 5.56 Å². The number of ether oxygens (including phenoxy) is 3. The number of hydrogen-bond donors (Lipinski definition) is 1. The van der Waals surface area contributed by atoms with Crippen molar-refractivity contribution in [2.45, 2.75) is 31.5 Å². The summed E-state index contributed by atoms with van der Waals surface area (Å²) in [6, 6.07) is 7.93. The second-order valence-electron chi connectivity index (χ2n) is 4.56. The highest BCUT2D eigenvalue weighted by Gasteiger charge is 2.32. The van der Waals surface area contributed by atoms with Gasteiger partial charge in [-0.25, -0.2) is 0 Å². The molecule has 4 heteroatoms. The number of thiol groups is 1. The fourth-order valence-corrected chi connectivity index (χ4v) is 1.94. The van der Waals surface area contributed by atoms with Crippen molar-refractivity contribution >= 4 is 12.6 Å². The first-order valence-corrected chi connectivity index (χ1v) is 6.37. The zero-order chi connectivity index (χ0) is 12.3. The lowest BCUT2D eigenvalue weighted by Gasteiger charge is -2.17. The predicted octanol–water partition coefficient (Wildman–Crippen LogP) is 2.65. The molecule has 0 amide bonds. The molecule has 1 heterocycles. The smallest absolute Gasteiger partial charge is 0.163 e. The van der Waals surface area contributed by atoms with Crippen LogP contribution in [0.3, 0.4) is 0 Å². The Balaban J connectivity index is 1.82. The summed E-state index contributed by atoms with van der Waals surface area (Å²) < 4.78 is 16.8. The van der Waals surface area contributed by atoms with E-state index in [-0.39, 0.29) is 6.10 Å². The van der Waals surface area contributed by atoms with E-state index in [4.69, 9.17) is 14.2 Å². The summed E-state index contributed by atoms with van der Waals surface area (Å²) in [6.07, 6.45) is 0.00885. The Morgan fingerprint density at radius 1 is 1.35 bits per heavy atom. The van der Waals surface area contributed by atoms with Gasteiger partial charge in [0.25, 0.3) is 0 Å². The standard InChI is InChI=1S/C13H18O3S/c1-13(2)15-8-12(16-13)7-14-11-5-3-10(9-17)4-6-11/h3-6,12,17H,7-9H2,1-2H3. The number of hydrogen-bond acceptors (Lipinski definition) is 4. The van der Waals surface area contributed by atoms with Crippen LogP contribution in [-0.4, -0.2) is 25.1 Å². The van der Waals surface area contributed by atoms with Crippen LogP contribution in [0.25, 0.3) is 0 Å². The minimum Gasteiger partial charge on any atom is -0.491 e. The van der Waals surface area contributed by atoms with E-state index in [1.807, 2.05) is 38.1 Å². The van der Waals surface area contributed by atoms with Crippen LogP contribution in [0.1, 0.15) is 19.4 Å². The zero-order valence-corrected chi connectivity index (χ0v) is 11.1. The fourth-order valence-electron chi connectivity index (χ4n) is 1.73. The van der Waals surface area contributed by atoms with Gasteiger partial charge in [-0.05, 0) is 31.5 Å². The molecule has 0 N–H and O–H groups in total. The lowest BCUT2D eigenvalue weighted by molar-refractivity contribution is -0.141. The zero-order valence-electron chi connectivity index (χ0n) is 10.2. The third-order valence-corrected chi connectivity index (χ3v) is 2.97. The summed E-state index contributed by atoms with van der Waals surface area (Å²) in [5, 5.41) is 0. The Labute approximate surface area is 107 Å². The molecule has 0 spiro atoms. The van der Waals surface area contributed by atoms with Crippen molar-refractivity contribution in [3.8, 4) is 5.75 Å². The molecule has 1 saturated heterocycles. The molecular weight excluding hydrogens is 236 g/mol. The van der Waals surface area contributed by atoms with Crippen LogP contribution in [0.5, 0.6) is 5.75 Å². The Hall–Kier alpha value is -0.710. The molecule has 1 aliphatic rings. The maximum atomic E-state index is 5.66. The summed E-state index contributed by atoms with van der Waals surface area (Å²) in [7, 11) is 0. The molecule has 0 saturated carbocycles. The molecule has 0 aliphatic carbocycles. The molecule has 94 valence electrons. The molecule has 0 bridgehead atoms. The van der Waals surface area contributed by atoms with Gasteiger partial charge in [0.15, 0.2) is 5.79 Å². The molecular formula is C13H18O3S. The SMILES string of the molecule is CC1(C)OCC(COc2ccc(CS)cc2)O1. The van der Waals surface area contributed by atoms with Gasteiger partial charge in [-0.3, -0.25) is 0 Å². The van der Waals surface area contributed by atoms with Crippen molar-refractivity contribution in [3.63, 3.8) is 0 Å². The molecule has 3 nitrogen and oxygen atoms in total. The highest BCUT2D eigenvalue weighted by atomic mass is 32.1. The van der Waals surface area contributed by atoms with E-state index >= 15 is 0 Å². The third-order valence-electron chi connectivity index (χ3n) is 2.61. The average Bonchev–Trinajstić information content (AvgIpc) is 2.67. The van der Waals surface area contributed by atoms with E-state index in [9.17, 15) is 0 Å². The van der Waals surface area contributed by atoms with Crippen LogP contribution in [0.2, 0.25) is 0 Å². The van der Waals surface area contributed by atoms with Crippen LogP contribution in [0.15, 0.2) is 24.3 Å². The summed E-state index contributed by atoms with van der Waals surface area (Å²) in [5.41, 5.74) is 1.18. The van der Waals surface area contributed by atoms with Crippen molar-refractivity contribution in [2.24, 2.45) is 0 Å². The largest absolute Gasteiger partial charge is 0.491 e. The van der Waals surface area contributed by atoms with Crippen LogP contribution < -0.4 is 4.74 Å². The molecule has 1 aromatic rings. The lowest BCUT2D eigenvalue weighted by Crippen LogP contribution is -2.25. The normalized spacial score (nSPS) is 22.6. The topological polar surface area (TPSA) is 27.7 Å². The summed E-state index contributed by atoms with van der Waals surface area (Å²) in [5.74, 6) is 1.11. The van der Waals surface area contributed by atoms with Gasteiger partial charge in [-0.1, -0.05) is 12.1 Å². The Bertz CT molecular complexity index is 361. The molecule has 17 heavy (non-hydrogen) atoms. The maximum absolute atomic E-state index is 5.66. The second kappa shape index (κ2) is 5.29. The van der Waals surface area contributed by atoms with E-state index in [0.717, 1.165) is 11.5 Å². The summed E-state index contributed by atoms with van der Waals surface area (Å²) in [4.78, 5) is 0. The van der Waals surface area contributed by atoms with Crippen LogP contribution in [0.4, 0.5) is 0 Å². The molecule has 2 rings (SSSR count). The fraction of sp³-hybridized carbons (Fsp3) is 0.538. The first-order valence-electron chi connectivity index (χ1n) is 5.73. The Morgan fingerprint density at radius 3 is 2.59 bits per heavy atom. The summed E-state index contributed by atoms with van der Waals surface area (Å²) >= 11 is 4.21. The predicted molar refractivity (Wildman–Crippen MR) is 69.5 cm³/mol. The van der Waals surface area contributed by atoms with Crippen LogP contribution >= 0.6 is 12.6 Å². The van der Waals surface area contributed by atoms with Gasteiger partial charge in [0, 0.05) is 5.75 Å². The Kier molecular flexibility index (Phi) is 3.97. The molecule has 0 radical (unpaired) electrons. The van der Waals surface area contributed by atoms with Crippen molar-refractivity contribution < 1.29 is 14.2 Å². The van der Waals surface area contributed by atoms with E-state index in [0.29, 0.717) is 13.2 Å². The highest BCUT2D eigenvalue weighted by molar-refractivity contribution is 7.79. The van der Waals surface area contributed by atoms with Crippen LogP contribution in [0, 0.1) is 0 Å². The number of rotatable bonds is 4. The van der Waals surface area contributed by atoms with Gasteiger partial charge in [-0.2, -0.15) is 12.6 Å². The van der Waals surface area contributed by atoms with Crippen molar-refractivity contribution in [1.82, 2.24) is 0 Å². The first kappa shape index (κ1) is 12.7.